The van der Waals surface area contributed by atoms with Crippen molar-refractivity contribution in [2.24, 2.45) is 0 Å². The van der Waals surface area contributed by atoms with Crippen molar-refractivity contribution in [1.29, 1.82) is 0 Å². The Bertz CT molecular complexity index is 1320. The van der Waals surface area contributed by atoms with Gasteiger partial charge in [-0.15, -0.1) is 0 Å². The number of aryl methyl sites for hydroxylation is 2. The van der Waals surface area contributed by atoms with Crippen molar-refractivity contribution in [2.75, 3.05) is 0 Å². The number of nitrogens with one attached hydrogen (secondary N) is 1. The molecule has 162 valence electrons. The molecule has 32 heavy (non-hydrogen) atoms. The van der Waals surface area contributed by atoms with Crippen LogP contribution < -0.4 is 0 Å². The molecule has 2 aromatic carbocycles. The predicted molar refractivity (Wildman–Crippen MR) is 122 cm³/mol. The minimum atomic E-state index is -0.494. The highest BCUT2D eigenvalue weighted by Crippen LogP contribution is 2.46. The molecule has 3 heterocycles. The number of hydrogen-bond donors (Lipinski definition) is 2. The smallest absolute Gasteiger partial charge is 0.273 e. The first kappa shape index (κ1) is 20.7. The van der Waals surface area contributed by atoms with Crippen LogP contribution in [0.3, 0.4) is 0 Å². The minimum Gasteiger partial charge on any atom is -0.507 e. The van der Waals surface area contributed by atoms with Gasteiger partial charge in [-0.1, -0.05) is 35.3 Å². The van der Waals surface area contributed by atoms with Gasteiger partial charge in [-0.2, -0.15) is 5.10 Å². The number of aromatic nitrogens is 2. The van der Waals surface area contributed by atoms with E-state index in [-0.39, 0.29) is 18.2 Å². The van der Waals surface area contributed by atoms with Crippen molar-refractivity contribution in [3.8, 4) is 17.0 Å². The summed E-state index contributed by atoms with van der Waals surface area (Å²) in [5, 5.41) is 18.9. The summed E-state index contributed by atoms with van der Waals surface area (Å²) in [7, 11) is 0. The van der Waals surface area contributed by atoms with Crippen molar-refractivity contribution >= 4 is 29.1 Å². The Morgan fingerprint density at radius 1 is 1.16 bits per heavy atom. The zero-order chi connectivity index (χ0) is 22.6. The molecule has 1 aliphatic heterocycles. The lowest BCUT2D eigenvalue weighted by Crippen LogP contribution is -2.29. The van der Waals surface area contributed by atoms with Gasteiger partial charge in [0.25, 0.3) is 5.91 Å². The van der Waals surface area contributed by atoms with Crippen LogP contribution in [-0.2, 0) is 6.54 Å². The Morgan fingerprint density at radius 2 is 1.97 bits per heavy atom. The van der Waals surface area contributed by atoms with Crippen LogP contribution in [0.2, 0.25) is 10.0 Å². The van der Waals surface area contributed by atoms with Crippen molar-refractivity contribution in [3.05, 3.63) is 92.5 Å². The summed E-state index contributed by atoms with van der Waals surface area (Å²) < 4.78 is 5.51. The molecule has 0 saturated heterocycles. The molecular formula is C24H19Cl2N3O3. The van der Waals surface area contributed by atoms with Crippen LogP contribution in [0.1, 0.15) is 44.5 Å². The summed E-state index contributed by atoms with van der Waals surface area (Å²) in [5.74, 6) is 0.550. The summed E-state index contributed by atoms with van der Waals surface area (Å²) in [6.45, 7) is 4.09. The van der Waals surface area contributed by atoms with Crippen LogP contribution >= 0.6 is 23.2 Å². The van der Waals surface area contributed by atoms with E-state index in [2.05, 4.69) is 10.2 Å². The van der Waals surface area contributed by atoms with Gasteiger partial charge < -0.3 is 14.4 Å². The SMILES string of the molecule is Cc1cc(C)c(-c2n[nH]c3c2C(c2ccc(Cl)c(Cl)c2)N(Cc2ccco2)C3=O)c(O)c1. The number of carbonyl (C=O) groups excluding carboxylic acids is 1. The van der Waals surface area contributed by atoms with E-state index in [0.29, 0.717) is 38.3 Å². The van der Waals surface area contributed by atoms with Gasteiger partial charge in [-0.05, 0) is 60.9 Å². The normalized spacial score (nSPS) is 15.4. The summed E-state index contributed by atoms with van der Waals surface area (Å²) in [4.78, 5) is 15.1. The van der Waals surface area contributed by atoms with E-state index in [1.54, 1.807) is 35.4 Å². The number of rotatable bonds is 4. The molecule has 2 aromatic heterocycles. The van der Waals surface area contributed by atoms with Gasteiger partial charge in [-0.3, -0.25) is 9.89 Å². The van der Waals surface area contributed by atoms with Gasteiger partial charge in [-0.25, -0.2) is 0 Å². The summed E-state index contributed by atoms with van der Waals surface area (Å²) >= 11 is 12.5. The number of fused-ring (bicyclic) bond motifs is 1. The third kappa shape index (κ3) is 3.27. The molecule has 1 aliphatic rings. The lowest BCUT2D eigenvalue weighted by atomic mass is 9.93. The van der Waals surface area contributed by atoms with E-state index in [1.165, 1.54) is 0 Å². The third-order valence-electron chi connectivity index (χ3n) is 5.73. The second-order valence-electron chi connectivity index (χ2n) is 7.93. The van der Waals surface area contributed by atoms with E-state index < -0.39 is 6.04 Å². The highest BCUT2D eigenvalue weighted by molar-refractivity contribution is 6.42. The summed E-state index contributed by atoms with van der Waals surface area (Å²) in [6.07, 6.45) is 1.57. The molecule has 4 aromatic rings. The number of aromatic hydroxyl groups is 1. The molecule has 0 bridgehead atoms. The van der Waals surface area contributed by atoms with Gasteiger partial charge >= 0.3 is 0 Å². The molecule has 0 fully saturated rings. The first-order valence-electron chi connectivity index (χ1n) is 10.0. The number of nitrogens with zero attached hydrogens (tertiary/aromatic N) is 2. The van der Waals surface area contributed by atoms with E-state index >= 15 is 0 Å². The van der Waals surface area contributed by atoms with E-state index in [1.807, 2.05) is 32.0 Å². The lowest BCUT2D eigenvalue weighted by molar-refractivity contribution is 0.0717. The Kier molecular flexibility index (Phi) is 4.99. The number of carbonyl (C=O) groups is 1. The molecule has 0 aliphatic carbocycles. The lowest BCUT2D eigenvalue weighted by Gasteiger charge is -2.26. The summed E-state index contributed by atoms with van der Waals surface area (Å²) in [5.41, 5.74) is 4.76. The topological polar surface area (TPSA) is 82.4 Å². The van der Waals surface area contributed by atoms with Gasteiger partial charge in [0.2, 0.25) is 0 Å². The molecule has 2 N–H and O–H groups in total. The van der Waals surface area contributed by atoms with Crippen molar-refractivity contribution in [3.63, 3.8) is 0 Å². The number of aromatic amines is 1. The van der Waals surface area contributed by atoms with Crippen LogP contribution in [0.4, 0.5) is 0 Å². The van der Waals surface area contributed by atoms with Gasteiger partial charge in [0, 0.05) is 11.1 Å². The second-order valence-corrected chi connectivity index (χ2v) is 8.74. The monoisotopic (exact) mass is 467 g/mol. The van der Waals surface area contributed by atoms with Crippen molar-refractivity contribution in [2.45, 2.75) is 26.4 Å². The van der Waals surface area contributed by atoms with Crippen LogP contribution in [-0.4, -0.2) is 26.1 Å². The van der Waals surface area contributed by atoms with E-state index in [0.717, 1.165) is 16.7 Å². The van der Waals surface area contributed by atoms with Crippen LogP contribution in [0.5, 0.6) is 5.75 Å². The van der Waals surface area contributed by atoms with E-state index in [9.17, 15) is 9.90 Å². The number of benzene rings is 2. The Balaban J connectivity index is 1.72. The number of H-pyrrole nitrogens is 1. The van der Waals surface area contributed by atoms with Crippen molar-refractivity contribution < 1.29 is 14.3 Å². The molecule has 1 unspecified atom stereocenters. The Labute approximate surface area is 194 Å². The standard InChI is InChI=1S/C24H19Cl2N3O3/c1-12-8-13(2)19(18(30)9-12)21-20-22(28-27-21)24(31)29(11-15-4-3-7-32-15)23(20)14-5-6-16(25)17(26)10-14/h3-10,23,30H,11H2,1-2H3,(H,27,28). The highest BCUT2D eigenvalue weighted by Gasteiger charge is 2.43. The third-order valence-corrected chi connectivity index (χ3v) is 6.46. The maximum absolute atomic E-state index is 13.4. The quantitative estimate of drug-likeness (QED) is 0.382. The molecule has 0 saturated carbocycles. The highest BCUT2D eigenvalue weighted by atomic mass is 35.5. The Morgan fingerprint density at radius 3 is 2.66 bits per heavy atom. The first-order chi connectivity index (χ1) is 15.3. The first-order valence-corrected chi connectivity index (χ1v) is 10.8. The zero-order valence-corrected chi connectivity index (χ0v) is 18.8. The maximum Gasteiger partial charge on any atom is 0.273 e. The van der Waals surface area contributed by atoms with E-state index in [4.69, 9.17) is 27.6 Å². The maximum atomic E-state index is 13.4. The predicted octanol–water partition coefficient (Wildman–Crippen LogP) is 6.04. The van der Waals surface area contributed by atoms with Crippen LogP contribution in [0, 0.1) is 13.8 Å². The fraction of sp³-hybridized carbons (Fsp3) is 0.167. The van der Waals surface area contributed by atoms with Gasteiger partial charge in [0.1, 0.15) is 22.9 Å². The fourth-order valence-corrected chi connectivity index (χ4v) is 4.71. The van der Waals surface area contributed by atoms with Gasteiger partial charge in [0.15, 0.2) is 0 Å². The minimum absolute atomic E-state index is 0.113. The van der Waals surface area contributed by atoms with Crippen LogP contribution in [0.15, 0.2) is 53.1 Å². The molecule has 6 nitrogen and oxygen atoms in total. The number of phenolic OH excluding ortho intramolecular Hbond substituents is 1. The number of furan rings is 1. The molecule has 1 atom stereocenters. The largest absolute Gasteiger partial charge is 0.507 e. The van der Waals surface area contributed by atoms with Crippen molar-refractivity contribution in [1.82, 2.24) is 15.1 Å². The Hall–Kier alpha value is -3.22. The number of hydrogen-bond acceptors (Lipinski definition) is 4. The molecule has 5 rings (SSSR count). The number of amides is 1. The second kappa shape index (κ2) is 7.73. The summed E-state index contributed by atoms with van der Waals surface area (Å²) in [6, 6.07) is 12.1. The van der Waals surface area contributed by atoms with Gasteiger partial charge in [0.05, 0.1) is 28.9 Å². The molecule has 0 radical (unpaired) electrons. The average molecular weight is 468 g/mol. The molecule has 8 heteroatoms. The zero-order valence-electron chi connectivity index (χ0n) is 17.3. The molecule has 0 spiro atoms. The number of halogens is 2. The molecular weight excluding hydrogens is 449 g/mol. The van der Waals surface area contributed by atoms with Crippen LogP contribution in [0.25, 0.3) is 11.3 Å². The molecule has 1 amide bonds. The number of phenols is 1. The average Bonchev–Trinajstić information content (AvgIpc) is 3.44. The fourth-order valence-electron chi connectivity index (χ4n) is 4.40.